The fraction of sp³-hybridized carbons (Fsp3) is 0.938. The van der Waals surface area contributed by atoms with Gasteiger partial charge in [-0.2, -0.15) is 0 Å². The van der Waals surface area contributed by atoms with Gasteiger partial charge in [0.25, 0.3) is 0 Å². The van der Waals surface area contributed by atoms with Gasteiger partial charge in [0.2, 0.25) is 5.91 Å². The quantitative estimate of drug-likeness (QED) is 0.670. The van der Waals surface area contributed by atoms with Gasteiger partial charge in [0.05, 0.1) is 13.2 Å². The van der Waals surface area contributed by atoms with Crippen molar-refractivity contribution in [1.82, 2.24) is 10.6 Å². The van der Waals surface area contributed by atoms with Crippen molar-refractivity contribution in [3.8, 4) is 0 Å². The molecule has 20 heavy (non-hydrogen) atoms. The van der Waals surface area contributed by atoms with Crippen molar-refractivity contribution >= 4 is 5.91 Å². The molecule has 1 aliphatic carbocycles. The van der Waals surface area contributed by atoms with Crippen molar-refractivity contribution in [3.05, 3.63) is 0 Å². The van der Waals surface area contributed by atoms with E-state index in [0.29, 0.717) is 11.8 Å². The first-order valence-corrected chi connectivity index (χ1v) is 8.04. The van der Waals surface area contributed by atoms with Crippen molar-refractivity contribution in [2.45, 2.75) is 71.4 Å². The van der Waals surface area contributed by atoms with E-state index in [4.69, 9.17) is 0 Å². The average Bonchev–Trinajstić information content (AvgIpc) is 2.45. The van der Waals surface area contributed by atoms with Gasteiger partial charge in [-0.15, -0.1) is 0 Å². The summed E-state index contributed by atoms with van der Waals surface area (Å²) in [6, 6.07) is 0.180. The minimum Gasteiger partial charge on any atom is -0.394 e. The van der Waals surface area contributed by atoms with Gasteiger partial charge < -0.3 is 15.7 Å². The fourth-order valence-electron chi connectivity index (χ4n) is 2.82. The maximum absolute atomic E-state index is 11.9. The molecule has 0 aromatic heterocycles. The van der Waals surface area contributed by atoms with Gasteiger partial charge in [0, 0.05) is 11.6 Å². The first kappa shape index (κ1) is 17.4. The van der Waals surface area contributed by atoms with Crippen LogP contribution < -0.4 is 10.6 Å². The predicted octanol–water partition coefficient (Wildman–Crippen LogP) is 2.07. The second-order valence-corrected chi connectivity index (χ2v) is 6.86. The summed E-state index contributed by atoms with van der Waals surface area (Å²) in [4.78, 5) is 11.9. The number of rotatable bonds is 7. The van der Waals surface area contributed by atoms with Crippen molar-refractivity contribution in [1.29, 1.82) is 0 Å². The lowest BCUT2D eigenvalue weighted by Gasteiger charge is -2.39. The minimum atomic E-state index is -0.334. The van der Waals surface area contributed by atoms with E-state index in [0.717, 1.165) is 12.8 Å². The summed E-state index contributed by atoms with van der Waals surface area (Å²) in [5.41, 5.74) is -0.334. The minimum absolute atomic E-state index is 0.0154. The molecule has 1 rings (SSSR count). The van der Waals surface area contributed by atoms with E-state index in [9.17, 15) is 9.90 Å². The Morgan fingerprint density at radius 1 is 1.25 bits per heavy atom. The van der Waals surface area contributed by atoms with E-state index in [1.54, 1.807) is 0 Å². The molecule has 0 unspecified atom stereocenters. The molecule has 0 aromatic carbocycles. The van der Waals surface area contributed by atoms with Crippen molar-refractivity contribution in [2.75, 3.05) is 13.2 Å². The van der Waals surface area contributed by atoms with Crippen LogP contribution in [0.1, 0.15) is 59.8 Å². The van der Waals surface area contributed by atoms with Crippen LogP contribution in [-0.4, -0.2) is 35.7 Å². The zero-order chi connectivity index (χ0) is 15.2. The van der Waals surface area contributed by atoms with E-state index in [-0.39, 0.29) is 30.6 Å². The Labute approximate surface area is 123 Å². The third-order valence-electron chi connectivity index (χ3n) is 4.88. The lowest BCUT2D eigenvalue weighted by Crippen LogP contribution is -2.55. The van der Waals surface area contributed by atoms with Gasteiger partial charge >= 0.3 is 0 Å². The van der Waals surface area contributed by atoms with Gasteiger partial charge in [-0.05, 0) is 38.5 Å². The molecule has 2 atom stereocenters. The third kappa shape index (κ3) is 5.06. The number of aliphatic hydroxyl groups is 1. The monoisotopic (exact) mass is 284 g/mol. The molecule has 0 aliphatic heterocycles. The molecule has 0 spiro atoms. The first-order valence-electron chi connectivity index (χ1n) is 8.04. The van der Waals surface area contributed by atoms with Crippen LogP contribution in [0.25, 0.3) is 0 Å². The lowest BCUT2D eigenvalue weighted by atomic mass is 9.76. The molecule has 0 radical (unpaired) electrons. The topological polar surface area (TPSA) is 61.4 Å². The summed E-state index contributed by atoms with van der Waals surface area (Å²) in [6.07, 6.45) is 6.06. The fourth-order valence-corrected chi connectivity index (χ4v) is 2.82. The Bertz CT molecular complexity index is 301. The standard InChI is InChI=1S/C16H32N2O2/c1-12(2)13(3)18-15(20)10-17-16(4,11-19)14-8-6-5-7-9-14/h12-14,17,19H,5-11H2,1-4H3,(H,18,20)/t13-,16-/m1/s1. The van der Waals surface area contributed by atoms with Crippen molar-refractivity contribution < 1.29 is 9.90 Å². The Kier molecular flexibility index (Phi) is 6.96. The van der Waals surface area contributed by atoms with Crippen molar-refractivity contribution in [2.24, 2.45) is 11.8 Å². The van der Waals surface area contributed by atoms with Crippen LogP contribution in [-0.2, 0) is 4.79 Å². The molecule has 1 aliphatic rings. The zero-order valence-electron chi connectivity index (χ0n) is 13.5. The van der Waals surface area contributed by atoms with Crippen LogP contribution in [0.3, 0.4) is 0 Å². The highest BCUT2D eigenvalue weighted by Gasteiger charge is 2.34. The molecular weight excluding hydrogens is 252 g/mol. The molecule has 0 heterocycles. The van der Waals surface area contributed by atoms with Gasteiger partial charge in [0.15, 0.2) is 0 Å². The zero-order valence-corrected chi connectivity index (χ0v) is 13.5. The average molecular weight is 284 g/mol. The molecular formula is C16H32N2O2. The van der Waals surface area contributed by atoms with E-state index >= 15 is 0 Å². The van der Waals surface area contributed by atoms with Crippen LogP contribution in [0.15, 0.2) is 0 Å². The van der Waals surface area contributed by atoms with E-state index < -0.39 is 0 Å². The molecule has 1 saturated carbocycles. The molecule has 4 heteroatoms. The molecule has 0 saturated heterocycles. The maximum atomic E-state index is 11.9. The maximum Gasteiger partial charge on any atom is 0.234 e. The second-order valence-electron chi connectivity index (χ2n) is 6.86. The van der Waals surface area contributed by atoms with E-state index in [1.165, 1.54) is 19.3 Å². The highest BCUT2D eigenvalue weighted by molar-refractivity contribution is 5.78. The second kappa shape index (κ2) is 7.99. The predicted molar refractivity (Wildman–Crippen MR) is 82.5 cm³/mol. The smallest absolute Gasteiger partial charge is 0.234 e. The number of aliphatic hydroxyl groups excluding tert-OH is 1. The van der Waals surface area contributed by atoms with Crippen LogP contribution in [0.4, 0.5) is 0 Å². The Balaban J connectivity index is 2.45. The largest absolute Gasteiger partial charge is 0.394 e. The lowest BCUT2D eigenvalue weighted by molar-refractivity contribution is -0.121. The Morgan fingerprint density at radius 2 is 1.85 bits per heavy atom. The van der Waals surface area contributed by atoms with Crippen LogP contribution >= 0.6 is 0 Å². The highest BCUT2D eigenvalue weighted by atomic mass is 16.3. The highest BCUT2D eigenvalue weighted by Crippen LogP contribution is 2.32. The molecule has 1 fully saturated rings. The molecule has 1 amide bonds. The normalized spacial score (nSPS) is 21.5. The molecule has 118 valence electrons. The summed E-state index contributed by atoms with van der Waals surface area (Å²) in [5.74, 6) is 0.916. The van der Waals surface area contributed by atoms with E-state index in [1.807, 2.05) is 13.8 Å². The molecule has 4 nitrogen and oxygen atoms in total. The Hall–Kier alpha value is -0.610. The summed E-state index contributed by atoms with van der Waals surface area (Å²) < 4.78 is 0. The molecule has 0 aromatic rings. The first-order chi connectivity index (χ1) is 9.39. The summed E-state index contributed by atoms with van der Waals surface area (Å²) >= 11 is 0. The Morgan fingerprint density at radius 3 is 2.35 bits per heavy atom. The van der Waals surface area contributed by atoms with Crippen LogP contribution in [0.2, 0.25) is 0 Å². The van der Waals surface area contributed by atoms with Gasteiger partial charge in [-0.25, -0.2) is 0 Å². The van der Waals surface area contributed by atoms with Crippen LogP contribution in [0, 0.1) is 11.8 Å². The summed E-state index contributed by atoms with van der Waals surface area (Å²) in [6.45, 7) is 8.63. The number of nitrogens with one attached hydrogen (secondary N) is 2. The SMILES string of the molecule is CC(C)[C@@H](C)NC(=O)CN[C@](C)(CO)C1CCCCC1. The van der Waals surface area contributed by atoms with E-state index in [2.05, 4.69) is 24.5 Å². The van der Waals surface area contributed by atoms with Crippen LogP contribution in [0.5, 0.6) is 0 Å². The third-order valence-corrected chi connectivity index (χ3v) is 4.88. The molecule has 0 bridgehead atoms. The molecule has 3 N–H and O–H groups in total. The summed E-state index contributed by atoms with van der Waals surface area (Å²) in [5, 5.41) is 16.0. The van der Waals surface area contributed by atoms with Gasteiger partial charge in [-0.3, -0.25) is 4.79 Å². The number of carbonyl (C=O) groups is 1. The number of amides is 1. The van der Waals surface area contributed by atoms with Gasteiger partial charge in [-0.1, -0.05) is 33.1 Å². The summed E-state index contributed by atoms with van der Waals surface area (Å²) in [7, 11) is 0. The number of hydrogen-bond donors (Lipinski definition) is 3. The number of carbonyl (C=O) groups excluding carboxylic acids is 1. The number of hydrogen-bond acceptors (Lipinski definition) is 3. The van der Waals surface area contributed by atoms with Crippen molar-refractivity contribution in [3.63, 3.8) is 0 Å². The van der Waals surface area contributed by atoms with Gasteiger partial charge in [0.1, 0.15) is 0 Å².